The lowest BCUT2D eigenvalue weighted by atomic mass is 10.5. The Morgan fingerprint density at radius 3 is 2.50 bits per heavy atom. The second-order valence-corrected chi connectivity index (χ2v) is 4.99. The predicted octanol–water partition coefficient (Wildman–Crippen LogP) is 0.194. The molecule has 6 heteroatoms. The minimum atomic E-state index is -3.54. The molecule has 0 amide bonds. The summed E-state index contributed by atoms with van der Waals surface area (Å²) in [5.41, 5.74) is 0. The zero-order chi connectivity index (χ0) is 9.61. The van der Waals surface area contributed by atoms with E-state index in [9.17, 15) is 13.2 Å². The summed E-state index contributed by atoms with van der Waals surface area (Å²) in [4.78, 5) is 10.2. The highest BCUT2D eigenvalue weighted by Crippen LogP contribution is 2.05. The Balaban J connectivity index is 3.92. The summed E-state index contributed by atoms with van der Waals surface area (Å²) in [6, 6.07) is 0. The summed E-state index contributed by atoms with van der Waals surface area (Å²) < 4.78 is 25.5. The van der Waals surface area contributed by atoms with Gasteiger partial charge in [-0.05, 0) is 5.75 Å². The molecule has 0 aliphatic rings. The van der Waals surface area contributed by atoms with Crippen LogP contribution in [0.5, 0.6) is 0 Å². The maximum absolute atomic E-state index is 10.6. The van der Waals surface area contributed by atoms with E-state index >= 15 is 0 Å². The molecule has 0 N–H and O–H groups in total. The molecule has 0 saturated carbocycles. The van der Waals surface area contributed by atoms with Gasteiger partial charge in [-0.15, -0.1) is 0 Å². The molecule has 71 valence electrons. The number of carbonyl (C=O) groups excluding carboxylic acids is 1. The van der Waals surface area contributed by atoms with Crippen LogP contribution in [0.2, 0.25) is 0 Å². The van der Waals surface area contributed by atoms with E-state index in [0.29, 0.717) is 5.75 Å². The first kappa shape index (κ1) is 11.9. The largest absolute Gasteiger partial charge is 0.288 e. The Morgan fingerprint density at radius 1 is 1.58 bits per heavy atom. The van der Waals surface area contributed by atoms with Crippen LogP contribution in [0.25, 0.3) is 0 Å². The first-order valence-corrected chi connectivity index (χ1v) is 6.30. The van der Waals surface area contributed by atoms with Gasteiger partial charge in [0.15, 0.2) is 6.10 Å². The lowest BCUT2D eigenvalue weighted by Gasteiger charge is -2.06. The van der Waals surface area contributed by atoms with Crippen LogP contribution in [0.4, 0.5) is 0 Å². The molecular weight excluding hydrogens is 200 g/mol. The lowest BCUT2D eigenvalue weighted by molar-refractivity contribution is 0.289. The van der Waals surface area contributed by atoms with Crippen LogP contribution in [0.3, 0.4) is 0 Å². The fourth-order valence-electron chi connectivity index (χ4n) is 0.517. The van der Waals surface area contributed by atoms with E-state index in [1.54, 1.807) is 0 Å². The number of hydrogen-bond acceptors (Lipinski definition) is 5. The van der Waals surface area contributed by atoms with E-state index in [0.717, 1.165) is 12.0 Å². The van der Waals surface area contributed by atoms with Crippen molar-refractivity contribution in [2.45, 2.75) is 13.0 Å². The summed E-state index contributed by atoms with van der Waals surface area (Å²) in [6.45, 7) is 1.91. The van der Waals surface area contributed by atoms with Gasteiger partial charge in [-0.2, -0.15) is 20.2 Å². The Kier molecular flexibility index (Phi) is 5.52. The smallest absolute Gasteiger partial charge is 0.265 e. The molecule has 1 atom stereocenters. The highest BCUT2D eigenvalue weighted by atomic mass is 32.2. The molecule has 1 radical (unpaired) electrons. The molecule has 0 spiro atoms. The van der Waals surface area contributed by atoms with Crippen molar-refractivity contribution in [1.82, 2.24) is 0 Å². The van der Waals surface area contributed by atoms with Crippen LogP contribution in [-0.4, -0.2) is 38.6 Å². The van der Waals surface area contributed by atoms with Gasteiger partial charge >= 0.3 is 0 Å². The van der Waals surface area contributed by atoms with E-state index in [1.807, 2.05) is 6.92 Å². The van der Waals surface area contributed by atoms with Crippen molar-refractivity contribution in [3.8, 4) is 0 Å². The van der Waals surface area contributed by atoms with E-state index in [2.05, 4.69) is 4.18 Å². The number of hydrogen-bond donors (Lipinski definition) is 0. The normalized spacial score (nSPS) is 14.2. The van der Waals surface area contributed by atoms with Gasteiger partial charge in [-0.3, -0.25) is 8.98 Å². The fourth-order valence-corrected chi connectivity index (χ4v) is 1.72. The molecule has 0 aliphatic heterocycles. The van der Waals surface area contributed by atoms with Crippen molar-refractivity contribution >= 4 is 28.2 Å². The van der Waals surface area contributed by atoms with E-state index < -0.39 is 16.2 Å². The van der Waals surface area contributed by atoms with Crippen LogP contribution < -0.4 is 0 Å². The molecule has 0 heterocycles. The van der Waals surface area contributed by atoms with Crippen molar-refractivity contribution in [2.24, 2.45) is 0 Å². The molecule has 4 nitrogen and oxygen atoms in total. The fraction of sp³-hybridized carbons (Fsp3) is 0.833. The van der Waals surface area contributed by atoms with Crippen molar-refractivity contribution in [2.75, 3.05) is 17.8 Å². The molecule has 0 bridgehead atoms. The first-order valence-electron chi connectivity index (χ1n) is 3.33. The minimum absolute atomic E-state index is 0.326. The Morgan fingerprint density at radius 2 is 2.17 bits per heavy atom. The second-order valence-electron chi connectivity index (χ2n) is 2.07. The topological polar surface area (TPSA) is 60.4 Å². The molecule has 0 aromatic carbocycles. The second kappa shape index (κ2) is 5.55. The predicted molar refractivity (Wildman–Crippen MR) is 48.4 cm³/mol. The SMILES string of the molecule is CCSCC([C]=O)OS(C)(=O)=O. The van der Waals surface area contributed by atoms with Crippen molar-refractivity contribution in [3.05, 3.63) is 0 Å². The molecule has 0 saturated heterocycles. The third kappa shape index (κ3) is 6.63. The van der Waals surface area contributed by atoms with E-state index in [4.69, 9.17) is 0 Å². The van der Waals surface area contributed by atoms with Crippen molar-refractivity contribution in [1.29, 1.82) is 0 Å². The molecule has 0 aromatic rings. The van der Waals surface area contributed by atoms with Crippen molar-refractivity contribution in [3.63, 3.8) is 0 Å². The van der Waals surface area contributed by atoms with Gasteiger partial charge in [0.05, 0.1) is 6.26 Å². The average molecular weight is 211 g/mol. The Bertz CT molecular complexity index is 222. The van der Waals surface area contributed by atoms with E-state index in [-0.39, 0.29) is 0 Å². The highest BCUT2D eigenvalue weighted by Gasteiger charge is 2.14. The molecule has 0 aromatic heterocycles. The van der Waals surface area contributed by atoms with Gasteiger partial charge in [-0.25, -0.2) is 0 Å². The maximum atomic E-state index is 10.6. The van der Waals surface area contributed by atoms with Gasteiger partial charge in [0.2, 0.25) is 6.29 Å². The van der Waals surface area contributed by atoms with Crippen LogP contribution in [0.15, 0.2) is 0 Å². The Hall–Kier alpha value is -0.0700. The lowest BCUT2D eigenvalue weighted by Crippen LogP contribution is -2.21. The zero-order valence-electron chi connectivity index (χ0n) is 6.94. The maximum Gasteiger partial charge on any atom is 0.265 e. The molecule has 0 rings (SSSR count). The molecule has 12 heavy (non-hydrogen) atoms. The molecule has 0 aliphatic carbocycles. The number of thioether (sulfide) groups is 1. The highest BCUT2D eigenvalue weighted by molar-refractivity contribution is 7.99. The van der Waals surface area contributed by atoms with Gasteiger partial charge in [0, 0.05) is 5.75 Å². The molecule has 1 unspecified atom stereocenters. The van der Waals surface area contributed by atoms with Crippen LogP contribution >= 0.6 is 11.8 Å². The third-order valence-corrected chi connectivity index (χ3v) is 2.42. The van der Waals surface area contributed by atoms with Gasteiger partial charge < -0.3 is 0 Å². The molecule has 0 fully saturated rings. The summed E-state index contributed by atoms with van der Waals surface area (Å²) in [7, 11) is -3.54. The van der Waals surface area contributed by atoms with Gasteiger partial charge in [0.25, 0.3) is 10.1 Å². The zero-order valence-corrected chi connectivity index (χ0v) is 8.57. The van der Waals surface area contributed by atoms with Crippen LogP contribution in [0.1, 0.15) is 6.92 Å². The van der Waals surface area contributed by atoms with Crippen LogP contribution in [-0.2, 0) is 19.1 Å². The minimum Gasteiger partial charge on any atom is -0.288 e. The number of rotatable bonds is 6. The standard InChI is InChI=1S/C6H11O4S2/c1-3-11-5-6(4-7)10-12(2,8)9/h6H,3,5H2,1-2H3. The Labute approximate surface area is 76.8 Å². The first-order chi connectivity index (χ1) is 5.49. The third-order valence-electron chi connectivity index (χ3n) is 0.896. The summed E-state index contributed by atoms with van der Waals surface area (Å²) in [6.07, 6.45) is 1.46. The van der Waals surface area contributed by atoms with Gasteiger partial charge in [0.1, 0.15) is 0 Å². The summed E-state index contributed by atoms with van der Waals surface area (Å²) in [5, 5.41) is 0. The average Bonchev–Trinajstić information content (AvgIpc) is 1.95. The van der Waals surface area contributed by atoms with Gasteiger partial charge in [-0.1, -0.05) is 6.92 Å². The van der Waals surface area contributed by atoms with Crippen molar-refractivity contribution < 1.29 is 17.4 Å². The summed E-state index contributed by atoms with van der Waals surface area (Å²) in [5.74, 6) is 1.14. The van der Waals surface area contributed by atoms with E-state index in [1.165, 1.54) is 18.0 Å². The summed E-state index contributed by atoms with van der Waals surface area (Å²) >= 11 is 1.43. The molecular formula is C6H11O4S2. The quantitative estimate of drug-likeness (QED) is 0.587. The van der Waals surface area contributed by atoms with Crippen LogP contribution in [0, 0.1) is 0 Å². The monoisotopic (exact) mass is 211 g/mol.